The van der Waals surface area contributed by atoms with Crippen LogP contribution >= 0.6 is 0 Å². The summed E-state index contributed by atoms with van der Waals surface area (Å²) in [5.74, 6) is -0.278. The number of aryl methyl sites for hydroxylation is 2. The molecule has 1 aliphatic carbocycles. The smallest absolute Gasteiger partial charge is 0.255 e. The number of benzene rings is 1. The predicted molar refractivity (Wildman–Crippen MR) is 86.5 cm³/mol. The molecule has 0 aliphatic heterocycles. The van der Waals surface area contributed by atoms with Crippen LogP contribution in [0.2, 0.25) is 0 Å². The molecule has 0 radical (unpaired) electrons. The molecule has 0 spiro atoms. The molecule has 1 aromatic heterocycles. The van der Waals surface area contributed by atoms with Gasteiger partial charge < -0.3 is 19.6 Å². The molecule has 24 heavy (non-hydrogen) atoms. The van der Waals surface area contributed by atoms with Crippen LogP contribution in [0.3, 0.4) is 0 Å². The minimum absolute atomic E-state index is 0.188. The summed E-state index contributed by atoms with van der Waals surface area (Å²) in [6, 6.07) is 8.10. The molecule has 3 rings (SSSR count). The van der Waals surface area contributed by atoms with Gasteiger partial charge >= 0.3 is 0 Å². The first kappa shape index (κ1) is 16.3. The van der Waals surface area contributed by atoms with Crippen LogP contribution in [0.5, 0.6) is 0 Å². The van der Waals surface area contributed by atoms with E-state index in [4.69, 9.17) is 4.42 Å². The zero-order chi connectivity index (χ0) is 17.1. The van der Waals surface area contributed by atoms with Gasteiger partial charge in [-0.2, -0.15) is 0 Å². The van der Waals surface area contributed by atoms with Gasteiger partial charge in [0.15, 0.2) is 0 Å². The summed E-state index contributed by atoms with van der Waals surface area (Å²) in [6.45, 7) is 1.75. The van der Waals surface area contributed by atoms with Crippen molar-refractivity contribution in [2.24, 2.45) is 0 Å². The molecule has 2 aromatic rings. The van der Waals surface area contributed by atoms with Crippen LogP contribution in [0.4, 0.5) is 0 Å². The summed E-state index contributed by atoms with van der Waals surface area (Å²) in [5, 5.41) is 14.0. The van der Waals surface area contributed by atoms with Crippen LogP contribution in [0.15, 0.2) is 34.7 Å². The van der Waals surface area contributed by atoms with Crippen molar-refractivity contribution >= 4 is 11.9 Å². The molecule has 0 fully saturated rings. The van der Waals surface area contributed by atoms with Crippen molar-refractivity contribution in [3.05, 3.63) is 58.5 Å². The minimum atomic E-state index is -1.29. The summed E-state index contributed by atoms with van der Waals surface area (Å²) in [5.41, 5.74) is 2.25. The van der Waals surface area contributed by atoms with E-state index >= 15 is 0 Å². The molecular weight excluding hydrogens is 306 g/mol. The van der Waals surface area contributed by atoms with Gasteiger partial charge in [0.1, 0.15) is 11.5 Å². The number of nitrogens with one attached hydrogen (secondary N) is 1. The number of hydrogen-bond donors (Lipinski definition) is 1. The first-order chi connectivity index (χ1) is 11.6. The average molecular weight is 326 g/mol. The molecule has 1 aliphatic rings. The van der Waals surface area contributed by atoms with Gasteiger partial charge in [-0.15, -0.1) is 0 Å². The SMILES string of the molecule is Cc1oc2c(c1C(=O)N[C@H](Cc1ccccc1)C(=O)[O-])CCCC2. The normalized spacial score (nSPS) is 14.7. The highest BCUT2D eigenvalue weighted by atomic mass is 16.4. The van der Waals surface area contributed by atoms with Crippen LogP contribution in [-0.2, 0) is 24.1 Å². The maximum absolute atomic E-state index is 12.6. The quantitative estimate of drug-likeness (QED) is 0.904. The third kappa shape index (κ3) is 3.35. The lowest BCUT2D eigenvalue weighted by Gasteiger charge is -2.20. The molecule has 1 atom stereocenters. The second-order valence-electron chi connectivity index (χ2n) is 6.18. The summed E-state index contributed by atoms with van der Waals surface area (Å²) in [6.07, 6.45) is 3.88. The van der Waals surface area contributed by atoms with Gasteiger partial charge in [-0.3, -0.25) is 4.79 Å². The summed E-state index contributed by atoms with van der Waals surface area (Å²) in [4.78, 5) is 24.1. The largest absolute Gasteiger partial charge is 0.548 e. The van der Waals surface area contributed by atoms with Crippen molar-refractivity contribution in [3.8, 4) is 0 Å². The third-order valence-electron chi connectivity index (χ3n) is 4.45. The highest BCUT2D eigenvalue weighted by Crippen LogP contribution is 2.29. The zero-order valence-corrected chi connectivity index (χ0v) is 13.6. The Bertz CT molecular complexity index is 748. The number of aliphatic carboxylic acids is 1. The van der Waals surface area contributed by atoms with Crippen molar-refractivity contribution in [1.82, 2.24) is 5.32 Å². The predicted octanol–water partition coefficient (Wildman–Crippen LogP) is 1.56. The Morgan fingerprint density at radius 3 is 2.62 bits per heavy atom. The van der Waals surface area contributed by atoms with Crippen molar-refractivity contribution in [1.29, 1.82) is 0 Å². The van der Waals surface area contributed by atoms with Gasteiger partial charge in [-0.25, -0.2) is 0 Å². The van der Waals surface area contributed by atoms with Crippen molar-refractivity contribution in [2.75, 3.05) is 0 Å². The molecule has 5 nitrogen and oxygen atoms in total. The number of furan rings is 1. The highest BCUT2D eigenvalue weighted by Gasteiger charge is 2.26. The van der Waals surface area contributed by atoms with Crippen LogP contribution in [0.25, 0.3) is 0 Å². The zero-order valence-electron chi connectivity index (χ0n) is 13.6. The van der Waals surface area contributed by atoms with Gasteiger partial charge in [0.05, 0.1) is 17.6 Å². The van der Waals surface area contributed by atoms with E-state index in [1.165, 1.54) is 0 Å². The lowest BCUT2D eigenvalue weighted by molar-refractivity contribution is -0.308. The maximum atomic E-state index is 12.6. The van der Waals surface area contributed by atoms with Gasteiger partial charge in [0.25, 0.3) is 5.91 Å². The van der Waals surface area contributed by atoms with E-state index in [-0.39, 0.29) is 6.42 Å². The second kappa shape index (κ2) is 6.91. The summed E-state index contributed by atoms with van der Waals surface area (Å²) < 4.78 is 5.69. The van der Waals surface area contributed by atoms with Crippen molar-refractivity contribution < 1.29 is 19.1 Å². The number of carbonyl (C=O) groups is 2. The van der Waals surface area contributed by atoms with Crippen molar-refractivity contribution in [2.45, 2.75) is 45.1 Å². The molecular formula is C19H20NO4-. The number of fused-ring (bicyclic) bond motifs is 1. The topological polar surface area (TPSA) is 82.4 Å². The van der Waals surface area contributed by atoms with Gasteiger partial charge in [0, 0.05) is 12.0 Å². The minimum Gasteiger partial charge on any atom is -0.548 e. The van der Waals surface area contributed by atoms with Gasteiger partial charge in [-0.1, -0.05) is 30.3 Å². The lowest BCUT2D eigenvalue weighted by atomic mass is 9.94. The Kier molecular flexibility index (Phi) is 4.69. The van der Waals surface area contributed by atoms with Crippen LogP contribution in [0, 0.1) is 6.92 Å². The standard InChI is InChI=1S/C19H21NO4/c1-12-17(14-9-5-6-10-16(14)24-12)18(21)20-15(19(22)23)11-13-7-3-2-4-8-13/h2-4,7-8,15H,5-6,9-11H2,1H3,(H,20,21)(H,22,23)/p-1/t15-/m1/s1. The Morgan fingerprint density at radius 2 is 1.92 bits per heavy atom. The second-order valence-corrected chi connectivity index (χ2v) is 6.18. The van der Waals surface area contributed by atoms with E-state index < -0.39 is 17.9 Å². The van der Waals surface area contributed by atoms with Crippen LogP contribution in [0.1, 0.15) is 45.8 Å². The first-order valence-corrected chi connectivity index (χ1v) is 8.23. The molecule has 0 saturated heterocycles. The molecule has 126 valence electrons. The van der Waals surface area contributed by atoms with E-state index in [9.17, 15) is 14.7 Å². The Balaban J connectivity index is 1.79. The fraction of sp³-hybridized carbons (Fsp3) is 0.368. The summed E-state index contributed by atoms with van der Waals surface area (Å²) >= 11 is 0. The van der Waals surface area contributed by atoms with Gasteiger partial charge in [-0.05, 0) is 38.2 Å². The van der Waals surface area contributed by atoms with Gasteiger partial charge in [0.2, 0.25) is 0 Å². The van der Waals surface area contributed by atoms with E-state index in [1.54, 1.807) is 6.92 Å². The van der Waals surface area contributed by atoms with E-state index in [1.807, 2.05) is 30.3 Å². The van der Waals surface area contributed by atoms with Crippen LogP contribution < -0.4 is 10.4 Å². The number of carboxylic acids is 1. The van der Waals surface area contributed by atoms with E-state index in [0.717, 1.165) is 42.6 Å². The number of rotatable bonds is 5. The monoisotopic (exact) mass is 326 g/mol. The van der Waals surface area contributed by atoms with Crippen molar-refractivity contribution in [3.63, 3.8) is 0 Å². The third-order valence-corrected chi connectivity index (χ3v) is 4.45. The average Bonchev–Trinajstić information content (AvgIpc) is 2.90. The van der Waals surface area contributed by atoms with E-state index in [0.29, 0.717) is 11.3 Å². The highest BCUT2D eigenvalue weighted by molar-refractivity contribution is 5.99. The van der Waals surface area contributed by atoms with Crippen LogP contribution in [-0.4, -0.2) is 17.9 Å². The molecule has 0 saturated carbocycles. The molecule has 0 bridgehead atoms. The summed E-state index contributed by atoms with van der Waals surface area (Å²) in [7, 11) is 0. The Hall–Kier alpha value is -2.56. The number of carboxylic acid groups (broad SMARTS) is 1. The number of hydrogen-bond acceptors (Lipinski definition) is 4. The maximum Gasteiger partial charge on any atom is 0.255 e. The Labute approximate surface area is 140 Å². The lowest BCUT2D eigenvalue weighted by Crippen LogP contribution is -2.49. The molecule has 1 N–H and O–H groups in total. The molecule has 1 aromatic carbocycles. The number of carbonyl (C=O) groups excluding carboxylic acids is 2. The first-order valence-electron chi connectivity index (χ1n) is 8.23. The number of amides is 1. The molecule has 0 unspecified atom stereocenters. The fourth-order valence-corrected chi connectivity index (χ4v) is 3.27. The Morgan fingerprint density at radius 1 is 1.21 bits per heavy atom. The molecule has 1 amide bonds. The molecule has 5 heteroatoms. The molecule has 1 heterocycles. The van der Waals surface area contributed by atoms with E-state index in [2.05, 4.69) is 5.32 Å². The fourth-order valence-electron chi connectivity index (χ4n) is 3.27.